The Morgan fingerprint density at radius 1 is 0.940 bits per heavy atom. The molecule has 83 heavy (non-hydrogen) atoms. The second-order valence-electron chi connectivity index (χ2n) is 21.5. The highest BCUT2D eigenvalue weighted by Crippen LogP contribution is 2.40. The van der Waals surface area contributed by atoms with Crippen LogP contribution in [0.3, 0.4) is 0 Å². The third-order valence-corrected chi connectivity index (χ3v) is 16.9. The number of halogens is 1. The number of hydrogen-bond donors (Lipinski definition) is 3. The second-order valence-corrected chi connectivity index (χ2v) is 22.5. The molecular weight excluding hydrogens is 1090 g/mol. The van der Waals surface area contributed by atoms with E-state index in [9.17, 15) is 28.4 Å². The highest BCUT2D eigenvalue weighted by Gasteiger charge is 2.43. The average Bonchev–Trinajstić information content (AvgIpc) is 4.49. The predicted molar refractivity (Wildman–Crippen MR) is 313 cm³/mol. The van der Waals surface area contributed by atoms with Crippen molar-refractivity contribution in [3.05, 3.63) is 99.9 Å². The lowest BCUT2D eigenvalue weighted by atomic mass is 9.79. The molecule has 2 saturated heterocycles. The van der Waals surface area contributed by atoms with Gasteiger partial charge in [0.1, 0.15) is 36.0 Å². The van der Waals surface area contributed by atoms with Crippen LogP contribution in [0.1, 0.15) is 96.0 Å². The number of anilines is 1. The number of thioether (sulfide) groups is 1. The molecule has 4 aliphatic rings. The third-order valence-electron chi connectivity index (χ3n) is 15.8. The Labute approximate surface area is 489 Å². The van der Waals surface area contributed by atoms with Crippen LogP contribution in [-0.4, -0.2) is 187 Å². The molecule has 23 heteroatoms. The Morgan fingerprint density at radius 2 is 1.64 bits per heavy atom. The van der Waals surface area contributed by atoms with Crippen LogP contribution in [0, 0.1) is 31.1 Å². The number of nitrogens with two attached hydrogens (primary N) is 1. The van der Waals surface area contributed by atoms with E-state index in [1.807, 2.05) is 37.8 Å². The van der Waals surface area contributed by atoms with E-state index in [1.54, 1.807) is 37.3 Å². The zero-order valence-corrected chi connectivity index (χ0v) is 49.1. The van der Waals surface area contributed by atoms with Crippen LogP contribution >= 0.6 is 11.8 Å². The number of rotatable bonds is 27. The van der Waals surface area contributed by atoms with E-state index in [0.717, 1.165) is 55.9 Å². The summed E-state index contributed by atoms with van der Waals surface area (Å²) >= 11 is 1.51. The van der Waals surface area contributed by atoms with Gasteiger partial charge >= 0.3 is 0 Å². The molecule has 4 aromatic rings. The van der Waals surface area contributed by atoms with Crippen molar-refractivity contribution >= 4 is 57.7 Å². The number of benzene rings is 2. The number of piperidine rings is 1. The number of hydrogen-bond acceptors (Lipinski definition) is 17. The number of carbonyl (C=O) groups excluding carboxylic acids is 5. The van der Waals surface area contributed by atoms with Gasteiger partial charge in [0.2, 0.25) is 11.8 Å². The number of Topliss-reactive ketones (excluding diaryl/α,β-unsaturated/α-hetero) is 2. The Morgan fingerprint density at radius 3 is 2.34 bits per heavy atom. The van der Waals surface area contributed by atoms with Crippen LogP contribution in [0.25, 0.3) is 16.0 Å². The number of aryl methyl sites for hydroxylation is 1. The number of ketones is 2. The molecule has 21 nitrogen and oxygen atoms in total. The molecule has 4 N–H and O–H groups in total. The normalized spacial score (nSPS) is 19.2. The van der Waals surface area contributed by atoms with Gasteiger partial charge in [-0.25, -0.2) is 9.37 Å². The summed E-state index contributed by atoms with van der Waals surface area (Å²) in [4.78, 5) is 86.5. The van der Waals surface area contributed by atoms with Gasteiger partial charge in [-0.05, 0) is 114 Å². The number of carbonyl (C=O) groups is 5. The highest BCUT2D eigenvalue weighted by molar-refractivity contribution is 8.14. The number of likely N-dealkylation sites (N-methyl/N-ethyl adjacent to an activating group) is 1. The molecule has 2 aromatic heterocycles. The van der Waals surface area contributed by atoms with Crippen LogP contribution in [-0.2, 0) is 46.4 Å². The fourth-order valence-electron chi connectivity index (χ4n) is 10.9. The van der Waals surface area contributed by atoms with E-state index in [2.05, 4.69) is 25.4 Å². The van der Waals surface area contributed by atoms with E-state index in [-0.39, 0.29) is 98.0 Å². The van der Waals surface area contributed by atoms with E-state index < -0.39 is 23.9 Å². The van der Waals surface area contributed by atoms with Crippen molar-refractivity contribution in [3.63, 3.8) is 0 Å². The monoisotopic (exact) mass is 1160 g/mol. The predicted octanol–water partition coefficient (Wildman–Crippen LogP) is 6.11. The smallest absolute Gasteiger partial charge is 0.260 e. The Hall–Kier alpha value is -6.65. The standard InChI is InChI=1S/C60H78FN11O10S/c1-38-9-14-45-46(32-38)40(3)82-52-33-43(35-66-56(52)62)54-48(36-69(6)59(45)76)68-72(57(54)64-5)22-18-65-53(74)17-24-78-26-28-80-30-31-81-29-27-79-25-23-70-20-15-41(16-21-70)47(34-51(73)39(2)63-4)60(77)71-19-7-8-50(71)58-67-49(37-83-58)55(75)42-10-12-44(61)13-11-42/h9-14,32-33,35,39-41,47,49-50,63H,7-8,15-31,34,36-37H2,1-4,6H3,(H2,62,66)(H,65,74)/t39-,40+,47-,49?,50-/m0/s1. The number of ether oxygens (including phenoxy) is 5. The van der Waals surface area contributed by atoms with E-state index in [1.165, 1.54) is 40.7 Å². The maximum Gasteiger partial charge on any atom is 0.260 e. The third kappa shape index (κ3) is 16.4. The number of pyridine rings is 1. The lowest BCUT2D eigenvalue weighted by molar-refractivity contribution is -0.141. The van der Waals surface area contributed by atoms with Crippen LogP contribution in [0.2, 0.25) is 0 Å². The second kappa shape index (κ2) is 30.2. The summed E-state index contributed by atoms with van der Waals surface area (Å²) in [7, 11) is 3.44. The fourth-order valence-corrected chi connectivity index (χ4v) is 12.1. The van der Waals surface area contributed by atoms with Gasteiger partial charge in [-0.2, -0.15) is 4.68 Å². The molecule has 5 atom stereocenters. The van der Waals surface area contributed by atoms with Crippen molar-refractivity contribution in [1.82, 2.24) is 40.1 Å². The highest BCUT2D eigenvalue weighted by atomic mass is 32.2. The molecule has 0 spiro atoms. The number of likely N-dealkylation sites (tertiary alicyclic amines) is 2. The molecule has 2 aromatic carbocycles. The minimum Gasteiger partial charge on any atom is -0.482 e. The summed E-state index contributed by atoms with van der Waals surface area (Å²) in [6, 6.07) is 11.7. The van der Waals surface area contributed by atoms with E-state index in [4.69, 9.17) is 46.1 Å². The van der Waals surface area contributed by atoms with Gasteiger partial charge < -0.3 is 59.6 Å². The first kappa shape index (κ1) is 62.4. The number of nitrogens with zero attached hydrogens (tertiary/aromatic N) is 8. The molecule has 446 valence electrons. The summed E-state index contributed by atoms with van der Waals surface area (Å²) in [6.45, 7) is 20.2. The topological polar surface area (TPSA) is 239 Å². The molecule has 6 heterocycles. The molecule has 2 bridgehead atoms. The largest absolute Gasteiger partial charge is 0.482 e. The molecule has 0 aliphatic carbocycles. The van der Waals surface area contributed by atoms with Gasteiger partial charge in [0.25, 0.3) is 11.7 Å². The van der Waals surface area contributed by atoms with Gasteiger partial charge in [0, 0.05) is 73.1 Å². The van der Waals surface area contributed by atoms with Gasteiger partial charge in [-0.3, -0.25) is 29.0 Å². The first-order valence-electron chi connectivity index (χ1n) is 28.7. The molecule has 2 fully saturated rings. The van der Waals surface area contributed by atoms with Gasteiger partial charge in [-0.15, -0.1) is 16.9 Å². The van der Waals surface area contributed by atoms with Crippen molar-refractivity contribution < 1.29 is 52.0 Å². The average molecular weight is 1160 g/mol. The number of aromatic nitrogens is 3. The molecule has 1 unspecified atom stereocenters. The lowest BCUT2D eigenvalue weighted by Crippen LogP contribution is -2.48. The van der Waals surface area contributed by atoms with Crippen LogP contribution in [0.5, 0.6) is 5.75 Å². The molecular formula is C60H78FN11O10S. The molecule has 8 rings (SSSR count). The molecule has 0 saturated carbocycles. The zero-order chi connectivity index (χ0) is 59.0. The van der Waals surface area contributed by atoms with Crippen LogP contribution in [0.4, 0.5) is 16.0 Å². The Kier molecular flexibility index (Phi) is 22.7. The Balaban J connectivity index is 0.682. The first-order valence-corrected chi connectivity index (χ1v) is 29.7. The quantitative estimate of drug-likeness (QED) is 0.0347. The summed E-state index contributed by atoms with van der Waals surface area (Å²) in [5, 5.41) is 11.5. The number of amides is 3. The Bertz CT molecular complexity index is 2980. The summed E-state index contributed by atoms with van der Waals surface area (Å²) in [6.07, 6.45) is 4.49. The van der Waals surface area contributed by atoms with Crippen molar-refractivity contribution in [2.75, 3.05) is 111 Å². The van der Waals surface area contributed by atoms with Gasteiger partial charge in [-0.1, -0.05) is 24.3 Å². The van der Waals surface area contributed by atoms with E-state index in [0.29, 0.717) is 97.8 Å². The lowest BCUT2D eigenvalue weighted by Gasteiger charge is -2.38. The van der Waals surface area contributed by atoms with Crippen molar-refractivity contribution in [2.45, 2.75) is 96.6 Å². The summed E-state index contributed by atoms with van der Waals surface area (Å²) in [5.41, 5.74) is 10.4. The minimum absolute atomic E-state index is 0.00801. The summed E-state index contributed by atoms with van der Waals surface area (Å²) < 4.78 is 44.2. The maximum atomic E-state index is 14.5. The maximum absolute atomic E-state index is 14.5. The number of nitrogens with one attached hydrogen (secondary N) is 2. The number of fused-ring (bicyclic) bond motifs is 5. The van der Waals surface area contributed by atoms with Gasteiger partial charge in [0.05, 0.1) is 83.1 Å². The molecule has 0 radical (unpaired) electrons. The fraction of sp³-hybridized carbons (Fsp3) is 0.550. The SMILES string of the molecule is [C-]#[N+]c1c2c(nn1CCNC(=O)CCOCCOCCOCCOCCN1CCC([C@H](CC(=O)[C@H](C)NC)C(=O)N3CCC[C@H]3C3=NC(C(=O)c4ccc(F)cc4)CS3)CC1)CN(C)C(=O)c1ccc(C)cc1[C@@H](C)Oc1cc-2cnc1N. The first-order chi connectivity index (χ1) is 40.1. The van der Waals surface area contributed by atoms with E-state index >= 15 is 0 Å². The minimum atomic E-state index is -0.582. The zero-order valence-electron chi connectivity index (χ0n) is 48.2. The molecule has 4 aliphatic heterocycles. The van der Waals surface area contributed by atoms with Crippen LogP contribution < -0.4 is 21.1 Å². The number of aliphatic imine (C=N–C) groups is 1. The van der Waals surface area contributed by atoms with Crippen LogP contribution in [0.15, 0.2) is 59.7 Å². The van der Waals surface area contributed by atoms with Crippen molar-refractivity contribution in [2.24, 2.45) is 16.8 Å². The van der Waals surface area contributed by atoms with Crippen molar-refractivity contribution in [3.8, 4) is 16.9 Å². The van der Waals surface area contributed by atoms with Gasteiger partial charge in [0.15, 0.2) is 17.4 Å². The summed E-state index contributed by atoms with van der Waals surface area (Å²) in [5.74, 6) is -0.199. The van der Waals surface area contributed by atoms with Crippen molar-refractivity contribution in [1.29, 1.82) is 0 Å². The number of nitrogen functional groups attached to an aromatic ring is 1. The molecule has 3 amide bonds.